The van der Waals surface area contributed by atoms with E-state index in [2.05, 4.69) is 5.32 Å². The topological polar surface area (TPSA) is 66.4 Å². The van der Waals surface area contributed by atoms with E-state index in [0.717, 1.165) is 5.56 Å². The number of carbonyl (C=O) groups excluding carboxylic acids is 1. The molecule has 0 bridgehead atoms. The molecule has 21 heavy (non-hydrogen) atoms. The van der Waals surface area contributed by atoms with E-state index in [1.54, 1.807) is 48.5 Å². The van der Waals surface area contributed by atoms with Crippen molar-refractivity contribution >= 4 is 29.2 Å². The number of amides is 1. The van der Waals surface area contributed by atoms with Crippen LogP contribution < -0.4 is 5.32 Å². The summed E-state index contributed by atoms with van der Waals surface area (Å²) in [5.41, 5.74) is 2.05. The normalized spacial score (nSPS) is 10.1. The van der Waals surface area contributed by atoms with Crippen LogP contribution in [0.3, 0.4) is 0 Å². The molecule has 0 aliphatic rings. The maximum absolute atomic E-state index is 12.0. The Morgan fingerprint density at radius 1 is 1.10 bits per heavy atom. The van der Waals surface area contributed by atoms with Crippen molar-refractivity contribution in [1.82, 2.24) is 0 Å². The average molecular weight is 304 g/mol. The van der Waals surface area contributed by atoms with Crippen LogP contribution in [0.2, 0.25) is 5.02 Å². The Labute approximate surface area is 127 Å². The van der Waals surface area contributed by atoms with Crippen molar-refractivity contribution in [2.24, 2.45) is 0 Å². The highest BCUT2D eigenvalue weighted by atomic mass is 35.5. The number of carboxylic acid groups (broad SMARTS) is 1. The summed E-state index contributed by atoms with van der Waals surface area (Å²) in [5.74, 6) is -1.07. The smallest absolute Gasteiger partial charge is 0.303 e. The fourth-order valence-electron chi connectivity index (χ4n) is 1.84. The predicted octanol–water partition coefficient (Wildman–Crippen LogP) is 3.61. The van der Waals surface area contributed by atoms with Crippen molar-refractivity contribution in [3.63, 3.8) is 0 Å². The third-order valence-corrected chi connectivity index (χ3v) is 3.16. The van der Waals surface area contributed by atoms with Gasteiger partial charge in [-0.15, -0.1) is 0 Å². The van der Waals surface area contributed by atoms with Gasteiger partial charge in [0.25, 0.3) is 5.91 Å². The summed E-state index contributed by atoms with van der Waals surface area (Å²) in [4.78, 5) is 22.5. The Balaban J connectivity index is 2.00. The van der Waals surface area contributed by atoms with Gasteiger partial charge in [0, 0.05) is 22.7 Å². The number of hydrogen-bond acceptors (Lipinski definition) is 2. The molecule has 108 valence electrons. The summed E-state index contributed by atoms with van der Waals surface area (Å²) in [5, 5.41) is 11.9. The molecule has 0 heterocycles. The van der Waals surface area contributed by atoms with Gasteiger partial charge in [0.2, 0.25) is 0 Å². The number of benzene rings is 2. The van der Waals surface area contributed by atoms with E-state index < -0.39 is 5.97 Å². The highest BCUT2D eigenvalue weighted by Gasteiger charge is 2.06. The molecule has 2 aromatic rings. The zero-order valence-electron chi connectivity index (χ0n) is 11.2. The monoisotopic (exact) mass is 303 g/mol. The van der Waals surface area contributed by atoms with Crippen molar-refractivity contribution in [2.75, 3.05) is 5.32 Å². The third-order valence-electron chi connectivity index (χ3n) is 2.93. The number of nitrogens with one attached hydrogen (secondary N) is 1. The van der Waals surface area contributed by atoms with Crippen LogP contribution >= 0.6 is 11.6 Å². The molecular formula is C16H14ClNO3. The van der Waals surface area contributed by atoms with Crippen LogP contribution in [0.5, 0.6) is 0 Å². The molecule has 2 aromatic carbocycles. The van der Waals surface area contributed by atoms with Crippen molar-refractivity contribution < 1.29 is 14.7 Å². The lowest BCUT2D eigenvalue weighted by molar-refractivity contribution is -0.136. The van der Waals surface area contributed by atoms with E-state index in [0.29, 0.717) is 22.7 Å². The Morgan fingerprint density at radius 3 is 2.43 bits per heavy atom. The highest BCUT2D eigenvalue weighted by Crippen LogP contribution is 2.15. The molecule has 0 unspecified atom stereocenters. The molecule has 2 rings (SSSR count). The van der Waals surface area contributed by atoms with Crippen LogP contribution in [0.15, 0.2) is 48.5 Å². The molecule has 0 fully saturated rings. The third kappa shape index (κ3) is 4.61. The van der Waals surface area contributed by atoms with Gasteiger partial charge in [-0.05, 0) is 42.3 Å². The van der Waals surface area contributed by atoms with Gasteiger partial charge in [-0.2, -0.15) is 0 Å². The summed E-state index contributed by atoms with van der Waals surface area (Å²) in [7, 11) is 0. The molecule has 0 saturated carbocycles. The van der Waals surface area contributed by atoms with E-state index in [1.807, 2.05) is 0 Å². The van der Waals surface area contributed by atoms with Crippen LogP contribution in [-0.2, 0) is 11.2 Å². The van der Waals surface area contributed by atoms with Gasteiger partial charge in [0.1, 0.15) is 0 Å². The summed E-state index contributed by atoms with van der Waals surface area (Å²) in [6, 6.07) is 13.8. The zero-order valence-corrected chi connectivity index (χ0v) is 11.9. The Hall–Kier alpha value is -2.33. The first kappa shape index (κ1) is 15.1. The first-order chi connectivity index (χ1) is 10.0. The SMILES string of the molecule is O=C(O)CCc1ccc(NC(=O)c2cccc(Cl)c2)cc1. The van der Waals surface area contributed by atoms with E-state index in [9.17, 15) is 9.59 Å². The standard InChI is InChI=1S/C16H14ClNO3/c17-13-3-1-2-12(10-13)16(21)18-14-7-4-11(5-8-14)6-9-15(19)20/h1-5,7-8,10H,6,9H2,(H,18,21)(H,19,20). The van der Waals surface area contributed by atoms with Gasteiger partial charge < -0.3 is 10.4 Å². The van der Waals surface area contributed by atoms with Crippen LogP contribution in [-0.4, -0.2) is 17.0 Å². The maximum atomic E-state index is 12.0. The van der Waals surface area contributed by atoms with Gasteiger partial charge in [-0.3, -0.25) is 9.59 Å². The number of halogens is 1. The van der Waals surface area contributed by atoms with E-state index in [4.69, 9.17) is 16.7 Å². The molecule has 0 radical (unpaired) electrons. The number of aryl methyl sites for hydroxylation is 1. The van der Waals surface area contributed by atoms with Crippen LogP contribution in [0.1, 0.15) is 22.3 Å². The van der Waals surface area contributed by atoms with E-state index >= 15 is 0 Å². The first-order valence-electron chi connectivity index (χ1n) is 6.42. The molecule has 0 saturated heterocycles. The van der Waals surface area contributed by atoms with E-state index in [1.165, 1.54) is 0 Å². The maximum Gasteiger partial charge on any atom is 0.303 e. The van der Waals surface area contributed by atoms with Gasteiger partial charge >= 0.3 is 5.97 Å². The highest BCUT2D eigenvalue weighted by molar-refractivity contribution is 6.31. The minimum atomic E-state index is -0.826. The summed E-state index contributed by atoms with van der Waals surface area (Å²) in [6.45, 7) is 0. The van der Waals surface area contributed by atoms with Crippen molar-refractivity contribution in [3.8, 4) is 0 Å². The van der Waals surface area contributed by atoms with Crippen LogP contribution in [0.25, 0.3) is 0 Å². The first-order valence-corrected chi connectivity index (χ1v) is 6.80. The number of anilines is 1. The molecule has 0 atom stereocenters. The molecule has 0 spiro atoms. The second-order valence-corrected chi connectivity index (χ2v) is 4.99. The van der Waals surface area contributed by atoms with Gasteiger partial charge in [0.15, 0.2) is 0 Å². The van der Waals surface area contributed by atoms with Crippen LogP contribution in [0.4, 0.5) is 5.69 Å². The Bertz CT molecular complexity index is 653. The second-order valence-electron chi connectivity index (χ2n) is 4.56. The van der Waals surface area contributed by atoms with Gasteiger partial charge in [0.05, 0.1) is 0 Å². The predicted molar refractivity (Wildman–Crippen MR) is 81.8 cm³/mol. The average Bonchev–Trinajstić information content (AvgIpc) is 2.46. The number of carboxylic acids is 1. The quantitative estimate of drug-likeness (QED) is 0.886. The minimum Gasteiger partial charge on any atom is -0.481 e. The van der Waals surface area contributed by atoms with Crippen molar-refractivity contribution in [1.29, 1.82) is 0 Å². The molecule has 1 amide bonds. The second kappa shape index (κ2) is 6.90. The number of hydrogen-bond donors (Lipinski definition) is 2. The largest absolute Gasteiger partial charge is 0.481 e. The molecular weight excluding hydrogens is 290 g/mol. The molecule has 2 N–H and O–H groups in total. The lowest BCUT2D eigenvalue weighted by Gasteiger charge is -2.06. The Morgan fingerprint density at radius 2 is 1.81 bits per heavy atom. The summed E-state index contributed by atoms with van der Waals surface area (Å²) >= 11 is 5.85. The molecule has 0 aromatic heterocycles. The van der Waals surface area contributed by atoms with Gasteiger partial charge in [-0.25, -0.2) is 0 Å². The van der Waals surface area contributed by atoms with Crippen LogP contribution in [0, 0.1) is 0 Å². The minimum absolute atomic E-state index is 0.0915. The Kier molecular flexibility index (Phi) is 4.95. The van der Waals surface area contributed by atoms with Gasteiger partial charge in [-0.1, -0.05) is 29.8 Å². The lowest BCUT2D eigenvalue weighted by Crippen LogP contribution is -2.11. The molecule has 5 heteroatoms. The summed E-state index contributed by atoms with van der Waals surface area (Å²) < 4.78 is 0. The lowest BCUT2D eigenvalue weighted by atomic mass is 10.1. The zero-order chi connectivity index (χ0) is 15.2. The number of carbonyl (C=O) groups is 2. The summed E-state index contributed by atoms with van der Waals surface area (Å²) in [6.07, 6.45) is 0.562. The molecule has 4 nitrogen and oxygen atoms in total. The molecule has 0 aliphatic heterocycles. The fraction of sp³-hybridized carbons (Fsp3) is 0.125. The number of aliphatic carboxylic acids is 1. The van der Waals surface area contributed by atoms with E-state index in [-0.39, 0.29) is 12.3 Å². The number of rotatable bonds is 5. The van der Waals surface area contributed by atoms with Crippen molar-refractivity contribution in [2.45, 2.75) is 12.8 Å². The van der Waals surface area contributed by atoms with Crippen molar-refractivity contribution in [3.05, 3.63) is 64.7 Å². The fourth-order valence-corrected chi connectivity index (χ4v) is 2.03. The molecule has 0 aliphatic carbocycles.